The smallest absolute Gasteiger partial charge is 0.376 e. The summed E-state index contributed by atoms with van der Waals surface area (Å²) in [4.78, 5) is 13.0. The summed E-state index contributed by atoms with van der Waals surface area (Å²) in [5.74, 6) is 0.449. The monoisotopic (exact) mass is 406 g/mol. The lowest BCUT2D eigenvalue weighted by Gasteiger charge is -2.26. The van der Waals surface area contributed by atoms with Crippen LogP contribution in [0.5, 0.6) is 0 Å². The average Bonchev–Trinajstić information content (AvgIpc) is 3.11. The molecule has 0 amide bonds. The van der Waals surface area contributed by atoms with Gasteiger partial charge in [-0.3, -0.25) is 4.40 Å². The van der Waals surface area contributed by atoms with E-state index in [4.69, 9.17) is 0 Å². The first kappa shape index (κ1) is 19.6. The van der Waals surface area contributed by atoms with Gasteiger partial charge in [0.25, 0.3) is 0 Å². The highest BCUT2D eigenvalue weighted by Gasteiger charge is 2.51. The summed E-state index contributed by atoms with van der Waals surface area (Å²) in [7, 11) is 0. The highest BCUT2D eigenvalue weighted by molar-refractivity contribution is 5.61. The predicted octanol–water partition coefficient (Wildman–Crippen LogP) is 2.73. The van der Waals surface area contributed by atoms with Crippen LogP contribution in [0.1, 0.15) is 25.3 Å². The average molecular weight is 406 g/mol. The molecule has 0 bridgehead atoms. The van der Waals surface area contributed by atoms with Crippen molar-refractivity contribution >= 4 is 11.6 Å². The number of fused-ring (bicyclic) bond motifs is 1. The SMILES string of the molecule is CC(O)(c1ccc2ncc(-c3ccnc(N[C@@H]4CCCNC4)n3)n2c1)C(F)(F)F. The van der Waals surface area contributed by atoms with Crippen molar-refractivity contribution < 1.29 is 18.3 Å². The minimum atomic E-state index is -4.80. The molecule has 4 rings (SSSR count). The van der Waals surface area contributed by atoms with E-state index in [1.165, 1.54) is 28.9 Å². The Kier molecular flexibility index (Phi) is 4.91. The van der Waals surface area contributed by atoms with E-state index in [-0.39, 0.29) is 11.6 Å². The zero-order valence-electron chi connectivity index (χ0n) is 15.7. The van der Waals surface area contributed by atoms with Crippen molar-refractivity contribution in [3.63, 3.8) is 0 Å². The quantitative estimate of drug-likeness (QED) is 0.618. The van der Waals surface area contributed by atoms with Gasteiger partial charge in [0, 0.05) is 30.5 Å². The third kappa shape index (κ3) is 3.77. The summed E-state index contributed by atoms with van der Waals surface area (Å²) in [6.45, 7) is 2.54. The number of nitrogens with one attached hydrogen (secondary N) is 2. The standard InChI is InChI=1S/C19H21F3N6O/c1-18(29,19(20,21)22)12-4-5-16-25-10-15(28(16)11-12)14-6-8-24-17(27-14)26-13-3-2-7-23-9-13/h4-6,8,10-11,13,23,29H,2-3,7,9H2,1H3,(H,24,26,27)/t13-,18?/m1/s1. The Morgan fingerprint density at radius 1 is 1.24 bits per heavy atom. The van der Waals surface area contributed by atoms with Gasteiger partial charge in [-0.25, -0.2) is 15.0 Å². The minimum Gasteiger partial charge on any atom is -0.376 e. The molecule has 154 valence electrons. The lowest BCUT2D eigenvalue weighted by molar-refractivity contribution is -0.259. The van der Waals surface area contributed by atoms with Gasteiger partial charge in [0.1, 0.15) is 5.65 Å². The van der Waals surface area contributed by atoms with Gasteiger partial charge in [-0.2, -0.15) is 13.2 Å². The molecule has 3 aromatic heterocycles. The summed E-state index contributed by atoms with van der Waals surface area (Å²) >= 11 is 0. The second kappa shape index (κ2) is 7.27. The van der Waals surface area contributed by atoms with Gasteiger partial charge in [-0.05, 0) is 38.4 Å². The largest absolute Gasteiger partial charge is 0.421 e. The molecule has 1 aliphatic heterocycles. The molecular weight excluding hydrogens is 385 g/mol. The molecule has 0 aromatic carbocycles. The summed E-state index contributed by atoms with van der Waals surface area (Å²) < 4.78 is 41.2. The van der Waals surface area contributed by atoms with Crippen molar-refractivity contribution in [2.24, 2.45) is 0 Å². The fourth-order valence-corrected chi connectivity index (χ4v) is 3.35. The van der Waals surface area contributed by atoms with Crippen LogP contribution in [0.15, 0.2) is 36.8 Å². The van der Waals surface area contributed by atoms with E-state index in [9.17, 15) is 18.3 Å². The number of rotatable bonds is 4. The van der Waals surface area contributed by atoms with Crippen molar-refractivity contribution in [1.82, 2.24) is 24.7 Å². The van der Waals surface area contributed by atoms with Crippen molar-refractivity contribution in [1.29, 1.82) is 0 Å². The molecule has 3 N–H and O–H groups in total. The van der Waals surface area contributed by atoms with Gasteiger partial charge in [-0.1, -0.05) is 6.07 Å². The van der Waals surface area contributed by atoms with E-state index in [0.29, 0.717) is 23.0 Å². The van der Waals surface area contributed by atoms with Gasteiger partial charge in [0.15, 0.2) is 5.60 Å². The van der Waals surface area contributed by atoms with E-state index < -0.39 is 11.8 Å². The van der Waals surface area contributed by atoms with E-state index in [1.54, 1.807) is 12.3 Å². The number of imidazole rings is 1. The number of anilines is 1. The van der Waals surface area contributed by atoms with Gasteiger partial charge < -0.3 is 15.7 Å². The second-order valence-corrected chi connectivity index (χ2v) is 7.31. The van der Waals surface area contributed by atoms with Crippen LogP contribution in [0.3, 0.4) is 0 Å². The fraction of sp³-hybridized carbons (Fsp3) is 0.421. The molecule has 2 atom stereocenters. The van der Waals surface area contributed by atoms with Gasteiger partial charge in [-0.15, -0.1) is 0 Å². The molecule has 1 fully saturated rings. The summed E-state index contributed by atoms with van der Waals surface area (Å²) in [6.07, 6.45) is 1.64. The number of aromatic nitrogens is 4. The van der Waals surface area contributed by atoms with E-state index in [1.807, 2.05) is 0 Å². The number of aliphatic hydroxyl groups is 1. The predicted molar refractivity (Wildman–Crippen MR) is 101 cm³/mol. The van der Waals surface area contributed by atoms with Crippen molar-refractivity contribution in [2.45, 2.75) is 37.6 Å². The fourth-order valence-electron chi connectivity index (χ4n) is 3.35. The van der Waals surface area contributed by atoms with Gasteiger partial charge in [0.2, 0.25) is 5.95 Å². The van der Waals surface area contributed by atoms with Crippen molar-refractivity contribution in [3.05, 3.63) is 42.4 Å². The second-order valence-electron chi connectivity index (χ2n) is 7.31. The number of pyridine rings is 1. The molecule has 0 aliphatic carbocycles. The van der Waals surface area contributed by atoms with Gasteiger partial charge in [0.05, 0.1) is 17.6 Å². The molecule has 29 heavy (non-hydrogen) atoms. The number of hydrogen-bond donors (Lipinski definition) is 3. The Labute approximate surface area is 165 Å². The summed E-state index contributed by atoms with van der Waals surface area (Å²) in [5.41, 5.74) is -1.78. The van der Waals surface area contributed by atoms with E-state index in [2.05, 4.69) is 25.6 Å². The first-order valence-electron chi connectivity index (χ1n) is 9.33. The molecular formula is C19H21F3N6O. The molecule has 7 nitrogen and oxygen atoms in total. The molecule has 0 spiro atoms. The maximum atomic E-state index is 13.2. The van der Waals surface area contributed by atoms with Crippen LogP contribution in [0, 0.1) is 0 Å². The highest BCUT2D eigenvalue weighted by atomic mass is 19.4. The van der Waals surface area contributed by atoms with Crippen LogP contribution in [-0.4, -0.2) is 49.8 Å². The van der Waals surface area contributed by atoms with E-state index >= 15 is 0 Å². The molecule has 4 heterocycles. The number of hydrogen-bond acceptors (Lipinski definition) is 6. The highest BCUT2D eigenvalue weighted by Crippen LogP contribution is 2.38. The third-order valence-corrected chi connectivity index (χ3v) is 5.17. The molecule has 0 radical (unpaired) electrons. The molecule has 1 unspecified atom stereocenters. The number of piperidine rings is 1. The Bertz CT molecular complexity index is 1010. The summed E-state index contributed by atoms with van der Waals surface area (Å²) in [6, 6.07) is 4.55. The maximum Gasteiger partial charge on any atom is 0.421 e. The van der Waals surface area contributed by atoms with Crippen LogP contribution in [-0.2, 0) is 5.60 Å². The van der Waals surface area contributed by atoms with Crippen LogP contribution >= 0.6 is 0 Å². The Morgan fingerprint density at radius 2 is 2.07 bits per heavy atom. The molecule has 1 aliphatic rings. The van der Waals surface area contributed by atoms with Crippen molar-refractivity contribution in [2.75, 3.05) is 18.4 Å². The molecule has 10 heteroatoms. The first-order chi connectivity index (χ1) is 13.8. The van der Waals surface area contributed by atoms with E-state index in [0.717, 1.165) is 32.9 Å². The van der Waals surface area contributed by atoms with Gasteiger partial charge >= 0.3 is 6.18 Å². The summed E-state index contributed by atoms with van der Waals surface area (Å²) in [5, 5.41) is 16.6. The Balaban J connectivity index is 1.69. The molecule has 1 saturated heterocycles. The number of alkyl halides is 3. The van der Waals surface area contributed by atoms with Crippen molar-refractivity contribution in [3.8, 4) is 11.4 Å². The Morgan fingerprint density at radius 3 is 2.79 bits per heavy atom. The van der Waals surface area contributed by atoms with Crippen LogP contribution in [0.4, 0.5) is 19.1 Å². The first-order valence-corrected chi connectivity index (χ1v) is 9.33. The molecule has 3 aromatic rings. The zero-order valence-corrected chi connectivity index (χ0v) is 15.7. The number of nitrogens with zero attached hydrogens (tertiary/aromatic N) is 4. The van der Waals surface area contributed by atoms with Crippen LogP contribution < -0.4 is 10.6 Å². The Hall–Kier alpha value is -2.72. The lowest BCUT2D eigenvalue weighted by Crippen LogP contribution is -2.39. The van der Waals surface area contributed by atoms with Crippen LogP contribution in [0.25, 0.3) is 17.0 Å². The lowest BCUT2D eigenvalue weighted by atomic mass is 9.97. The minimum absolute atomic E-state index is 0.217. The zero-order chi connectivity index (χ0) is 20.6. The normalized spacial score (nSPS) is 19.8. The molecule has 0 saturated carbocycles. The number of halogens is 3. The maximum absolute atomic E-state index is 13.2. The third-order valence-electron chi connectivity index (χ3n) is 5.17. The topological polar surface area (TPSA) is 87.4 Å². The van der Waals surface area contributed by atoms with Crippen LogP contribution in [0.2, 0.25) is 0 Å².